The summed E-state index contributed by atoms with van der Waals surface area (Å²) >= 11 is 7.19. The minimum atomic E-state index is -0.521. The van der Waals surface area contributed by atoms with Gasteiger partial charge in [-0.05, 0) is 60.9 Å². The number of benzene rings is 3. The van der Waals surface area contributed by atoms with Crippen LogP contribution < -0.4 is 10.1 Å². The van der Waals surface area contributed by atoms with Gasteiger partial charge in [0.05, 0.1) is 0 Å². The summed E-state index contributed by atoms with van der Waals surface area (Å²) in [6, 6.07) is 22.7. The fourth-order valence-electron chi connectivity index (χ4n) is 3.15. The minimum Gasteiger partial charge on any atom is -0.486 e. The summed E-state index contributed by atoms with van der Waals surface area (Å²) in [5, 5.41) is 10.8. The molecule has 4 rings (SSSR count). The van der Waals surface area contributed by atoms with Crippen molar-refractivity contribution >= 4 is 35.0 Å². The molecule has 0 saturated carbocycles. The van der Waals surface area contributed by atoms with Crippen molar-refractivity contribution in [2.24, 2.45) is 0 Å². The number of aromatic nitrogens is 3. The zero-order valence-electron chi connectivity index (χ0n) is 18.2. The molecule has 1 amide bonds. The van der Waals surface area contributed by atoms with E-state index in [0.717, 1.165) is 22.4 Å². The van der Waals surface area contributed by atoms with Crippen LogP contribution in [0.2, 0.25) is 5.02 Å². The predicted octanol–water partition coefficient (Wildman–Crippen LogP) is 6.13. The predicted molar refractivity (Wildman–Crippen MR) is 132 cm³/mol. The Labute approximate surface area is 201 Å². The molecule has 0 aliphatic heterocycles. The third-order valence-corrected chi connectivity index (χ3v) is 6.28. The van der Waals surface area contributed by atoms with E-state index in [0.29, 0.717) is 21.8 Å². The molecule has 0 spiro atoms. The highest BCUT2D eigenvalue weighted by atomic mass is 35.5. The maximum atomic E-state index is 13.3. The lowest BCUT2D eigenvalue weighted by atomic mass is 10.1. The summed E-state index contributed by atoms with van der Waals surface area (Å²) in [5.74, 6) is 1.11. The van der Waals surface area contributed by atoms with Gasteiger partial charge in [-0.2, -0.15) is 0 Å². The third-order valence-electron chi connectivity index (χ3n) is 4.92. The fraction of sp³-hybridized carbons (Fsp3) is 0.160. The van der Waals surface area contributed by atoms with Gasteiger partial charge in [0, 0.05) is 10.7 Å². The van der Waals surface area contributed by atoms with Crippen molar-refractivity contribution in [3.8, 4) is 5.75 Å². The van der Waals surface area contributed by atoms with E-state index < -0.39 is 5.25 Å². The number of carbonyl (C=O) groups is 1. The third kappa shape index (κ3) is 6.15. The molecule has 1 atom stereocenters. The maximum Gasteiger partial charge on any atom is 0.242 e. The monoisotopic (exact) mass is 478 g/mol. The van der Waals surface area contributed by atoms with Gasteiger partial charge in [0.2, 0.25) is 11.1 Å². The minimum absolute atomic E-state index is 0.135. The van der Waals surface area contributed by atoms with Crippen LogP contribution in [0.25, 0.3) is 0 Å². The average molecular weight is 479 g/mol. The number of aryl methyl sites for hydroxylation is 2. The van der Waals surface area contributed by atoms with E-state index in [2.05, 4.69) is 20.5 Å². The number of rotatable bonds is 8. The normalized spacial score (nSPS) is 11.7. The molecule has 0 aliphatic rings. The Morgan fingerprint density at radius 2 is 1.85 bits per heavy atom. The number of thioether (sulfide) groups is 1. The van der Waals surface area contributed by atoms with Crippen molar-refractivity contribution in [2.75, 3.05) is 5.32 Å². The van der Waals surface area contributed by atoms with Crippen LogP contribution in [0.1, 0.15) is 27.8 Å². The topological polar surface area (TPSA) is 79.9 Å². The molecule has 0 bridgehead atoms. The molecule has 1 heterocycles. The molecule has 4 aromatic rings. The van der Waals surface area contributed by atoms with E-state index in [9.17, 15) is 4.79 Å². The average Bonchev–Trinajstić information content (AvgIpc) is 3.27. The lowest BCUT2D eigenvalue weighted by Crippen LogP contribution is -2.19. The van der Waals surface area contributed by atoms with Crippen LogP contribution in [-0.4, -0.2) is 21.1 Å². The number of ether oxygens (including phenoxy) is 1. The summed E-state index contributed by atoms with van der Waals surface area (Å²) in [6.45, 7) is 4.20. The number of halogens is 1. The Kier molecular flexibility index (Phi) is 7.32. The molecule has 1 unspecified atom stereocenters. The van der Waals surface area contributed by atoms with Gasteiger partial charge in [0.1, 0.15) is 17.6 Å². The molecule has 0 fully saturated rings. The van der Waals surface area contributed by atoms with Crippen LogP contribution in [0, 0.1) is 13.8 Å². The van der Waals surface area contributed by atoms with Crippen molar-refractivity contribution in [3.63, 3.8) is 0 Å². The molecule has 0 radical (unpaired) electrons. The lowest BCUT2D eigenvalue weighted by molar-refractivity contribution is -0.115. The Balaban J connectivity index is 1.48. The molecule has 2 N–H and O–H groups in total. The number of nitrogens with one attached hydrogen (secondary N) is 2. The van der Waals surface area contributed by atoms with Gasteiger partial charge in [-0.1, -0.05) is 65.8 Å². The van der Waals surface area contributed by atoms with Gasteiger partial charge in [0.15, 0.2) is 5.82 Å². The van der Waals surface area contributed by atoms with Crippen LogP contribution in [0.3, 0.4) is 0 Å². The van der Waals surface area contributed by atoms with Gasteiger partial charge in [-0.3, -0.25) is 9.89 Å². The highest BCUT2D eigenvalue weighted by Gasteiger charge is 2.24. The second-order valence-corrected chi connectivity index (χ2v) is 9.03. The van der Waals surface area contributed by atoms with Crippen molar-refractivity contribution in [3.05, 3.63) is 100 Å². The molecule has 168 valence electrons. The van der Waals surface area contributed by atoms with Gasteiger partial charge in [-0.15, -0.1) is 5.10 Å². The fourth-order valence-corrected chi connectivity index (χ4v) is 4.21. The number of aromatic amines is 1. The summed E-state index contributed by atoms with van der Waals surface area (Å²) < 4.78 is 5.72. The van der Waals surface area contributed by atoms with Crippen LogP contribution in [0.15, 0.2) is 78.0 Å². The first-order valence-electron chi connectivity index (χ1n) is 10.4. The number of hydrogen-bond donors (Lipinski definition) is 2. The quantitative estimate of drug-likeness (QED) is 0.298. The van der Waals surface area contributed by atoms with Crippen molar-refractivity contribution in [2.45, 2.75) is 30.9 Å². The summed E-state index contributed by atoms with van der Waals surface area (Å²) in [7, 11) is 0. The van der Waals surface area contributed by atoms with Gasteiger partial charge in [-0.25, -0.2) is 4.98 Å². The smallest absolute Gasteiger partial charge is 0.242 e. The van der Waals surface area contributed by atoms with E-state index >= 15 is 0 Å². The Hall–Kier alpha value is -3.29. The van der Waals surface area contributed by atoms with Crippen molar-refractivity contribution in [1.82, 2.24) is 15.2 Å². The van der Waals surface area contributed by atoms with Crippen LogP contribution in [0.5, 0.6) is 5.75 Å². The van der Waals surface area contributed by atoms with E-state index in [-0.39, 0.29) is 12.5 Å². The Morgan fingerprint density at radius 3 is 2.61 bits per heavy atom. The van der Waals surface area contributed by atoms with E-state index in [1.165, 1.54) is 11.8 Å². The molecule has 0 saturated heterocycles. The van der Waals surface area contributed by atoms with Gasteiger partial charge in [0.25, 0.3) is 0 Å². The second-order valence-electron chi connectivity index (χ2n) is 7.52. The molecule has 0 aliphatic carbocycles. The molecule has 1 aromatic heterocycles. The summed E-state index contributed by atoms with van der Waals surface area (Å²) in [4.78, 5) is 17.8. The number of carbonyl (C=O) groups excluding carboxylic acids is 1. The number of hydrogen-bond acceptors (Lipinski definition) is 5. The standard InChI is InChI=1S/C25H23ClN4O2S/c1-16-8-9-17(2)21(14-16)27-24(31)23(18-6-4-3-5-7-18)33-25-28-22(29-30-25)15-32-20-12-10-19(26)11-13-20/h3-14,23H,15H2,1-2H3,(H,27,31)(H,28,29,30). The summed E-state index contributed by atoms with van der Waals surface area (Å²) in [5.41, 5.74) is 3.76. The van der Waals surface area contributed by atoms with Crippen LogP contribution in [-0.2, 0) is 11.4 Å². The SMILES string of the molecule is Cc1ccc(C)c(NC(=O)C(Sc2n[nH]c(COc3ccc(Cl)cc3)n2)c2ccccc2)c1. The Bertz CT molecular complexity index is 1230. The molecule has 33 heavy (non-hydrogen) atoms. The largest absolute Gasteiger partial charge is 0.486 e. The van der Waals surface area contributed by atoms with Crippen molar-refractivity contribution in [1.29, 1.82) is 0 Å². The first kappa shape index (κ1) is 22.9. The van der Waals surface area contributed by atoms with E-state index in [1.807, 2.05) is 62.4 Å². The van der Waals surface area contributed by atoms with E-state index in [1.54, 1.807) is 24.3 Å². The Morgan fingerprint density at radius 1 is 1.09 bits per heavy atom. The maximum absolute atomic E-state index is 13.3. The number of anilines is 1. The van der Waals surface area contributed by atoms with E-state index in [4.69, 9.17) is 16.3 Å². The number of H-pyrrole nitrogens is 1. The molecule has 6 nitrogen and oxygen atoms in total. The zero-order valence-corrected chi connectivity index (χ0v) is 19.8. The molecule has 3 aromatic carbocycles. The second kappa shape index (κ2) is 10.6. The van der Waals surface area contributed by atoms with Crippen LogP contribution >= 0.6 is 23.4 Å². The lowest BCUT2D eigenvalue weighted by Gasteiger charge is -2.17. The molecule has 8 heteroatoms. The highest BCUT2D eigenvalue weighted by molar-refractivity contribution is 8.00. The first-order valence-corrected chi connectivity index (χ1v) is 11.6. The number of nitrogens with zero attached hydrogens (tertiary/aromatic N) is 2. The van der Waals surface area contributed by atoms with Crippen LogP contribution in [0.4, 0.5) is 5.69 Å². The van der Waals surface area contributed by atoms with Gasteiger partial charge >= 0.3 is 0 Å². The molecular weight excluding hydrogens is 456 g/mol. The summed E-state index contributed by atoms with van der Waals surface area (Å²) in [6.07, 6.45) is 0. The zero-order chi connectivity index (χ0) is 23.2. The highest BCUT2D eigenvalue weighted by Crippen LogP contribution is 2.35. The van der Waals surface area contributed by atoms with Gasteiger partial charge < -0.3 is 10.1 Å². The number of amides is 1. The first-order chi connectivity index (χ1) is 16.0. The molecular formula is C25H23ClN4O2S. The van der Waals surface area contributed by atoms with Crippen molar-refractivity contribution < 1.29 is 9.53 Å².